The molecule has 0 radical (unpaired) electrons. The van der Waals surface area contributed by atoms with Crippen LogP contribution in [-0.4, -0.2) is 11.2 Å². The zero-order chi connectivity index (χ0) is 12.3. The maximum Gasteiger partial charge on any atom is 0.203 e. The van der Waals surface area contributed by atoms with E-state index in [2.05, 4.69) is 15.5 Å². The zero-order valence-corrected chi connectivity index (χ0v) is 11.3. The minimum atomic E-state index is 0.568. The lowest BCUT2D eigenvalue weighted by Crippen LogP contribution is -1.90. The Bertz CT molecular complexity index is 551. The van der Waals surface area contributed by atoms with E-state index in [4.69, 9.17) is 23.2 Å². The van der Waals surface area contributed by atoms with E-state index in [1.54, 1.807) is 18.3 Å². The molecule has 1 N–H and O–H groups in total. The fourth-order valence-electron chi connectivity index (χ4n) is 1.17. The first kappa shape index (κ1) is 12.4. The van der Waals surface area contributed by atoms with Crippen molar-refractivity contribution in [2.45, 2.75) is 6.92 Å². The highest BCUT2D eigenvalue weighted by atomic mass is 35.5. The summed E-state index contributed by atoms with van der Waals surface area (Å²) in [6.45, 7) is 1.93. The summed E-state index contributed by atoms with van der Waals surface area (Å²) in [5.41, 5.74) is 4.61. The number of hydrogen-bond acceptors (Lipinski definition) is 4. The minimum Gasteiger partial charge on any atom is -0.253 e. The van der Waals surface area contributed by atoms with Gasteiger partial charge in [-0.25, -0.2) is 4.98 Å². The van der Waals surface area contributed by atoms with Crippen molar-refractivity contribution in [3.8, 4) is 0 Å². The number of aromatic nitrogens is 1. The van der Waals surface area contributed by atoms with Crippen LogP contribution in [0.15, 0.2) is 28.7 Å². The minimum absolute atomic E-state index is 0.568. The Balaban J connectivity index is 2.05. The van der Waals surface area contributed by atoms with Crippen LogP contribution in [0.5, 0.6) is 0 Å². The summed E-state index contributed by atoms with van der Waals surface area (Å²) in [6.07, 6.45) is 1.63. The Morgan fingerprint density at radius 2 is 2.24 bits per heavy atom. The SMILES string of the molecule is Cc1csc(NN=Cc2ccc(Cl)cc2Cl)n1. The smallest absolute Gasteiger partial charge is 0.203 e. The highest BCUT2D eigenvalue weighted by Gasteiger charge is 1.98. The number of hydrazone groups is 1. The Morgan fingerprint density at radius 1 is 1.41 bits per heavy atom. The van der Waals surface area contributed by atoms with Crippen LogP contribution in [0.1, 0.15) is 11.3 Å². The molecule has 0 saturated heterocycles. The van der Waals surface area contributed by atoms with Gasteiger partial charge in [-0.05, 0) is 19.1 Å². The largest absolute Gasteiger partial charge is 0.253 e. The van der Waals surface area contributed by atoms with Crippen molar-refractivity contribution in [3.63, 3.8) is 0 Å². The summed E-state index contributed by atoms with van der Waals surface area (Å²) in [5, 5.41) is 7.94. The fraction of sp³-hybridized carbons (Fsp3) is 0.0909. The molecule has 0 unspecified atom stereocenters. The molecule has 1 aromatic heterocycles. The molecule has 0 aliphatic rings. The second-order valence-electron chi connectivity index (χ2n) is 3.33. The van der Waals surface area contributed by atoms with Crippen molar-refractivity contribution in [3.05, 3.63) is 44.9 Å². The Labute approximate surface area is 113 Å². The van der Waals surface area contributed by atoms with Gasteiger partial charge in [0.2, 0.25) is 5.13 Å². The maximum absolute atomic E-state index is 6.00. The third-order valence-electron chi connectivity index (χ3n) is 1.95. The third-order valence-corrected chi connectivity index (χ3v) is 3.37. The first-order chi connectivity index (χ1) is 8.15. The molecule has 0 aliphatic carbocycles. The summed E-state index contributed by atoms with van der Waals surface area (Å²) >= 11 is 13.3. The highest BCUT2D eigenvalue weighted by Crippen LogP contribution is 2.19. The summed E-state index contributed by atoms with van der Waals surface area (Å²) in [5.74, 6) is 0. The molecule has 0 saturated carbocycles. The lowest BCUT2D eigenvalue weighted by molar-refractivity contribution is 1.22. The van der Waals surface area contributed by atoms with Gasteiger partial charge in [0.25, 0.3) is 0 Å². The van der Waals surface area contributed by atoms with Crippen LogP contribution in [0, 0.1) is 6.92 Å². The fourth-order valence-corrected chi connectivity index (χ4v) is 2.26. The molecule has 0 fully saturated rings. The van der Waals surface area contributed by atoms with Gasteiger partial charge < -0.3 is 0 Å². The van der Waals surface area contributed by atoms with Crippen molar-refractivity contribution in [2.24, 2.45) is 5.10 Å². The second-order valence-corrected chi connectivity index (χ2v) is 5.03. The number of aryl methyl sites for hydroxylation is 1. The predicted molar refractivity (Wildman–Crippen MR) is 74.5 cm³/mol. The van der Waals surface area contributed by atoms with E-state index in [0.29, 0.717) is 10.0 Å². The molecule has 0 amide bonds. The van der Waals surface area contributed by atoms with Gasteiger partial charge in [0, 0.05) is 16.0 Å². The number of halogens is 2. The van der Waals surface area contributed by atoms with E-state index < -0.39 is 0 Å². The standard InChI is InChI=1S/C11H9Cl2N3S/c1-7-6-17-11(15-7)16-14-5-8-2-3-9(12)4-10(8)13/h2-6H,1H3,(H,15,16). The highest BCUT2D eigenvalue weighted by molar-refractivity contribution is 7.13. The number of nitrogens with one attached hydrogen (secondary N) is 1. The van der Waals surface area contributed by atoms with Crippen LogP contribution in [0.4, 0.5) is 5.13 Å². The Morgan fingerprint density at radius 3 is 2.88 bits per heavy atom. The normalized spacial score (nSPS) is 11.0. The molecule has 0 bridgehead atoms. The van der Waals surface area contributed by atoms with Gasteiger partial charge in [-0.1, -0.05) is 29.3 Å². The predicted octanol–water partition coefficient (Wildman–Crippen LogP) is 4.20. The van der Waals surface area contributed by atoms with Crippen molar-refractivity contribution in [1.82, 2.24) is 4.98 Å². The topological polar surface area (TPSA) is 37.3 Å². The van der Waals surface area contributed by atoms with Gasteiger partial charge in [0.1, 0.15) is 0 Å². The number of benzene rings is 1. The summed E-state index contributed by atoms with van der Waals surface area (Å²) in [7, 11) is 0. The van der Waals surface area contributed by atoms with Gasteiger partial charge in [-0.3, -0.25) is 5.43 Å². The number of rotatable bonds is 3. The van der Waals surface area contributed by atoms with Crippen LogP contribution in [0.2, 0.25) is 10.0 Å². The number of thiazole rings is 1. The molecule has 17 heavy (non-hydrogen) atoms. The van der Waals surface area contributed by atoms with Crippen LogP contribution >= 0.6 is 34.5 Å². The van der Waals surface area contributed by atoms with Crippen LogP contribution in [-0.2, 0) is 0 Å². The molecule has 0 aliphatic heterocycles. The van der Waals surface area contributed by atoms with Crippen molar-refractivity contribution in [1.29, 1.82) is 0 Å². The maximum atomic E-state index is 6.00. The molecule has 88 valence electrons. The van der Waals surface area contributed by atoms with E-state index in [1.807, 2.05) is 18.4 Å². The average Bonchev–Trinajstić information content (AvgIpc) is 2.68. The summed E-state index contributed by atoms with van der Waals surface area (Å²) in [6, 6.07) is 5.25. The van der Waals surface area contributed by atoms with Crippen LogP contribution in [0.25, 0.3) is 0 Å². The monoisotopic (exact) mass is 285 g/mol. The van der Waals surface area contributed by atoms with E-state index in [1.165, 1.54) is 11.3 Å². The molecular formula is C11H9Cl2N3S. The Hall–Kier alpha value is -1.10. The summed E-state index contributed by atoms with van der Waals surface area (Å²) in [4.78, 5) is 4.22. The number of anilines is 1. The molecule has 2 rings (SSSR count). The molecule has 3 nitrogen and oxygen atoms in total. The van der Waals surface area contributed by atoms with Gasteiger partial charge in [0.05, 0.1) is 16.9 Å². The second kappa shape index (κ2) is 5.49. The van der Waals surface area contributed by atoms with Crippen LogP contribution in [0.3, 0.4) is 0 Å². The third kappa shape index (κ3) is 3.43. The van der Waals surface area contributed by atoms with Gasteiger partial charge in [-0.2, -0.15) is 5.10 Å². The number of hydrogen-bond donors (Lipinski definition) is 1. The van der Waals surface area contributed by atoms with Crippen molar-refractivity contribution >= 4 is 45.9 Å². The first-order valence-corrected chi connectivity index (χ1v) is 6.45. The first-order valence-electron chi connectivity index (χ1n) is 4.81. The molecular weight excluding hydrogens is 277 g/mol. The van der Waals surface area contributed by atoms with Gasteiger partial charge in [0.15, 0.2) is 0 Å². The van der Waals surface area contributed by atoms with Crippen LogP contribution < -0.4 is 5.43 Å². The van der Waals surface area contributed by atoms with Crippen molar-refractivity contribution < 1.29 is 0 Å². The van der Waals surface area contributed by atoms with E-state index in [0.717, 1.165) is 16.4 Å². The molecule has 1 heterocycles. The van der Waals surface area contributed by atoms with E-state index in [-0.39, 0.29) is 0 Å². The molecule has 0 atom stereocenters. The molecule has 1 aromatic carbocycles. The quantitative estimate of drug-likeness (QED) is 0.678. The summed E-state index contributed by atoms with van der Waals surface area (Å²) < 4.78 is 0. The van der Waals surface area contributed by atoms with E-state index in [9.17, 15) is 0 Å². The molecule has 0 spiro atoms. The van der Waals surface area contributed by atoms with Crippen molar-refractivity contribution in [2.75, 3.05) is 5.43 Å². The lowest BCUT2D eigenvalue weighted by Gasteiger charge is -1.98. The zero-order valence-electron chi connectivity index (χ0n) is 8.95. The van der Waals surface area contributed by atoms with Gasteiger partial charge >= 0.3 is 0 Å². The average molecular weight is 286 g/mol. The molecule has 2 aromatic rings. The van der Waals surface area contributed by atoms with E-state index >= 15 is 0 Å². The Kier molecular flexibility index (Phi) is 3.99. The molecule has 6 heteroatoms. The lowest BCUT2D eigenvalue weighted by atomic mass is 10.2. The number of nitrogens with zero attached hydrogens (tertiary/aromatic N) is 2. The van der Waals surface area contributed by atoms with Gasteiger partial charge in [-0.15, -0.1) is 11.3 Å².